The van der Waals surface area contributed by atoms with Gasteiger partial charge >= 0.3 is 12.0 Å². The topological polar surface area (TPSA) is 69.6 Å². The molecule has 2 N–H and O–H groups in total. The van der Waals surface area contributed by atoms with Crippen molar-refractivity contribution in [3.8, 4) is 0 Å². The Morgan fingerprint density at radius 1 is 1.33 bits per heavy atom. The summed E-state index contributed by atoms with van der Waals surface area (Å²) in [5.41, 5.74) is -1.13. The monoisotopic (exact) mass is 256 g/mol. The summed E-state index contributed by atoms with van der Waals surface area (Å²) in [7, 11) is 0. The van der Waals surface area contributed by atoms with Crippen molar-refractivity contribution in [2.24, 2.45) is 0 Å². The lowest BCUT2D eigenvalue weighted by atomic mass is 9.93. The molecule has 1 atom stereocenters. The molecule has 0 spiro atoms. The fourth-order valence-electron chi connectivity index (χ4n) is 2.46. The van der Waals surface area contributed by atoms with Gasteiger partial charge in [-0.15, -0.1) is 0 Å². The summed E-state index contributed by atoms with van der Waals surface area (Å²) in [5, 5.41) is 12.0. The van der Waals surface area contributed by atoms with E-state index in [1.54, 1.807) is 18.7 Å². The number of amides is 2. The van der Waals surface area contributed by atoms with Crippen LogP contribution < -0.4 is 5.32 Å². The van der Waals surface area contributed by atoms with Crippen molar-refractivity contribution in [3.05, 3.63) is 0 Å². The summed E-state index contributed by atoms with van der Waals surface area (Å²) in [5.74, 6) is -0.953. The number of nitrogens with zero attached hydrogens (tertiary/aromatic N) is 1. The van der Waals surface area contributed by atoms with Gasteiger partial charge in [-0.1, -0.05) is 13.8 Å². The molecule has 0 aromatic heterocycles. The zero-order valence-corrected chi connectivity index (χ0v) is 11.5. The Hall–Kier alpha value is -1.26. The second-order valence-corrected chi connectivity index (χ2v) is 5.06. The molecule has 1 aliphatic rings. The van der Waals surface area contributed by atoms with Crippen molar-refractivity contribution in [2.75, 3.05) is 6.54 Å². The molecule has 0 aliphatic carbocycles. The molecule has 18 heavy (non-hydrogen) atoms. The van der Waals surface area contributed by atoms with Gasteiger partial charge in [0.1, 0.15) is 5.54 Å². The normalized spacial score (nSPS) is 20.6. The second-order valence-electron chi connectivity index (χ2n) is 5.06. The van der Waals surface area contributed by atoms with Gasteiger partial charge in [0.15, 0.2) is 0 Å². The Bertz CT molecular complexity index is 313. The highest BCUT2D eigenvalue weighted by Gasteiger charge is 2.38. The molecule has 5 nitrogen and oxygen atoms in total. The third kappa shape index (κ3) is 2.94. The van der Waals surface area contributed by atoms with Gasteiger partial charge in [-0.25, -0.2) is 9.59 Å². The van der Waals surface area contributed by atoms with Crippen LogP contribution in [-0.2, 0) is 4.79 Å². The van der Waals surface area contributed by atoms with Crippen LogP contribution in [0.4, 0.5) is 4.79 Å². The first-order chi connectivity index (χ1) is 8.46. The van der Waals surface area contributed by atoms with Crippen molar-refractivity contribution in [1.82, 2.24) is 10.2 Å². The highest BCUT2D eigenvalue weighted by Crippen LogP contribution is 2.20. The van der Waals surface area contributed by atoms with Crippen LogP contribution in [0, 0.1) is 0 Å². The first-order valence-corrected chi connectivity index (χ1v) is 6.79. The molecule has 1 rings (SSSR count). The van der Waals surface area contributed by atoms with Crippen LogP contribution in [0.2, 0.25) is 0 Å². The molecule has 1 aliphatic heterocycles. The predicted octanol–water partition coefficient (Wildman–Crippen LogP) is 2.21. The highest BCUT2D eigenvalue weighted by atomic mass is 16.4. The van der Waals surface area contributed by atoms with Gasteiger partial charge in [-0.2, -0.15) is 0 Å². The number of urea groups is 1. The van der Waals surface area contributed by atoms with E-state index in [-0.39, 0.29) is 12.1 Å². The number of rotatable bonds is 4. The van der Waals surface area contributed by atoms with E-state index in [1.165, 1.54) is 0 Å². The van der Waals surface area contributed by atoms with Crippen molar-refractivity contribution in [2.45, 2.75) is 64.5 Å². The third-order valence-corrected chi connectivity index (χ3v) is 4.03. The van der Waals surface area contributed by atoms with Crippen LogP contribution in [0.5, 0.6) is 0 Å². The van der Waals surface area contributed by atoms with E-state index in [9.17, 15) is 14.7 Å². The van der Waals surface area contributed by atoms with Crippen LogP contribution in [0.25, 0.3) is 0 Å². The molecule has 1 fully saturated rings. The number of hydrogen-bond acceptors (Lipinski definition) is 2. The first kappa shape index (κ1) is 14.8. The summed E-state index contributed by atoms with van der Waals surface area (Å²) < 4.78 is 0. The maximum Gasteiger partial charge on any atom is 0.329 e. The molecule has 0 aromatic rings. The van der Waals surface area contributed by atoms with Crippen molar-refractivity contribution < 1.29 is 14.7 Å². The number of hydrogen-bond donors (Lipinski definition) is 2. The molecule has 1 unspecified atom stereocenters. The van der Waals surface area contributed by atoms with Crippen molar-refractivity contribution in [3.63, 3.8) is 0 Å². The van der Waals surface area contributed by atoms with E-state index in [0.29, 0.717) is 12.8 Å². The van der Waals surface area contributed by atoms with Gasteiger partial charge in [0.25, 0.3) is 0 Å². The smallest absolute Gasteiger partial charge is 0.329 e. The molecule has 2 amide bonds. The maximum absolute atomic E-state index is 12.2. The molecule has 104 valence electrons. The number of likely N-dealkylation sites (tertiary alicyclic amines) is 1. The Morgan fingerprint density at radius 3 is 2.39 bits per heavy atom. The Labute approximate surface area is 109 Å². The lowest BCUT2D eigenvalue weighted by Gasteiger charge is -2.37. The Kier molecular flexibility index (Phi) is 4.99. The zero-order chi connectivity index (χ0) is 13.8. The number of carboxylic acid groups (broad SMARTS) is 1. The average Bonchev–Trinajstić information content (AvgIpc) is 2.36. The van der Waals surface area contributed by atoms with Gasteiger partial charge < -0.3 is 15.3 Å². The van der Waals surface area contributed by atoms with Crippen LogP contribution in [-0.4, -0.2) is 40.1 Å². The molecule has 0 bridgehead atoms. The number of aliphatic carboxylic acids is 1. The minimum Gasteiger partial charge on any atom is -0.480 e. The van der Waals surface area contributed by atoms with Gasteiger partial charge in [0, 0.05) is 12.6 Å². The first-order valence-electron chi connectivity index (χ1n) is 6.79. The van der Waals surface area contributed by atoms with E-state index in [0.717, 1.165) is 25.8 Å². The Morgan fingerprint density at radius 2 is 1.94 bits per heavy atom. The van der Waals surface area contributed by atoms with E-state index in [4.69, 9.17) is 0 Å². The maximum atomic E-state index is 12.2. The SMILES string of the molecule is CCC(CC)(NC(=O)N1CCCCC1C)C(=O)O. The minimum atomic E-state index is -1.13. The van der Waals surface area contributed by atoms with Crippen molar-refractivity contribution in [1.29, 1.82) is 0 Å². The third-order valence-electron chi connectivity index (χ3n) is 4.03. The number of carboxylic acids is 1. The summed E-state index contributed by atoms with van der Waals surface area (Å²) in [6.07, 6.45) is 3.91. The summed E-state index contributed by atoms with van der Waals surface area (Å²) >= 11 is 0. The number of nitrogens with one attached hydrogen (secondary N) is 1. The number of carbonyl (C=O) groups excluding carboxylic acids is 1. The fourth-order valence-corrected chi connectivity index (χ4v) is 2.46. The van der Waals surface area contributed by atoms with E-state index >= 15 is 0 Å². The average molecular weight is 256 g/mol. The second kappa shape index (κ2) is 6.07. The summed E-state index contributed by atoms with van der Waals surface area (Å²) in [6.45, 7) is 6.31. The predicted molar refractivity (Wildman–Crippen MR) is 69.5 cm³/mol. The molecular formula is C13H24N2O3. The molecule has 5 heteroatoms. The Balaban J connectivity index is 2.75. The standard InChI is InChI=1S/C13H24N2O3/c1-4-13(5-2,11(16)17)14-12(18)15-9-7-6-8-10(15)3/h10H,4-9H2,1-3H3,(H,14,18)(H,16,17). The van der Waals surface area contributed by atoms with Crippen LogP contribution in [0.1, 0.15) is 52.9 Å². The van der Waals surface area contributed by atoms with Crippen LogP contribution in [0.15, 0.2) is 0 Å². The fraction of sp³-hybridized carbons (Fsp3) is 0.846. The van der Waals surface area contributed by atoms with E-state index < -0.39 is 11.5 Å². The molecule has 0 radical (unpaired) electrons. The largest absolute Gasteiger partial charge is 0.480 e. The lowest BCUT2D eigenvalue weighted by Crippen LogP contribution is -2.59. The van der Waals surface area contributed by atoms with E-state index in [2.05, 4.69) is 5.32 Å². The number of piperidine rings is 1. The van der Waals surface area contributed by atoms with Crippen molar-refractivity contribution >= 4 is 12.0 Å². The molecule has 0 saturated carbocycles. The molecular weight excluding hydrogens is 232 g/mol. The molecule has 1 saturated heterocycles. The summed E-state index contributed by atoms with van der Waals surface area (Å²) in [6, 6.07) is -0.0488. The van der Waals surface area contributed by atoms with E-state index in [1.807, 2.05) is 6.92 Å². The minimum absolute atomic E-state index is 0.193. The molecule has 1 heterocycles. The van der Waals surface area contributed by atoms with Gasteiger partial charge in [-0.3, -0.25) is 0 Å². The zero-order valence-electron chi connectivity index (χ0n) is 11.5. The van der Waals surface area contributed by atoms with Gasteiger partial charge in [0.05, 0.1) is 0 Å². The van der Waals surface area contributed by atoms with Gasteiger partial charge in [0.2, 0.25) is 0 Å². The quantitative estimate of drug-likeness (QED) is 0.810. The molecule has 0 aromatic carbocycles. The number of carbonyl (C=O) groups is 2. The van der Waals surface area contributed by atoms with Crippen LogP contribution in [0.3, 0.4) is 0 Å². The summed E-state index contributed by atoms with van der Waals surface area (Å²) in [4.78, 5) is 25.3. The highest BCUT2D eigenvalue weighted by molar-refractivity contribution is 5.86. The lowest BCUT2D eigenvalue weighted by molar-refractivity contribution is -0.144. The van der Waals surface area contributed by atoms with Gasteiger partial charge in [-0.05, 0) is 39.0 Å². The van der Waals surface area contributed by atoms with Crippen LogP contribution >= 0.6 is 0 Å².